The maximum atomic E-state index is 13.5. The number of hydrogen-bond donors (Lipinski definition) is 1. The van der Waals surface area contributed by atoms with Crippen molar-refractivity contribution in [2.24, 2.45) is 0 Å². The second-order valence-corrected chi connectivity index (χ2v) is 4.54. The Bertz CT molecular complexity index is 577. The van der Waals surface area contributed by atoms with E-state index in [4.69, 9.17) is 9.47 Å². The zero-order valence-electron chi connectivity index (χ0n) is 11.9. The molecule has 3 nitrogen and oxygen atoms in total. The summed E-state index contributed by atoms with van der Waals surface area (Å²) >= 11 is 0. The monoisotopic (exact) mass is 275 g/mol. The molecule has 4 heteroatoms. The van der Waals surface area contributed by atoms with Gasteiger partial charge in [0.05, 0.1) is 14.2 Å². The molecule has 0 heterocycles. The Morgan fingerprint density at radius 2 is 1.65 bits per heavy atom. The zero-order chi connectivity index (χ0) is 14.5. The first-order chi connectivity index (χ1) is 9.62. The van der Waals surface area contributed by atoms with Crippen LogP contribution in [-0.4, -0.2) is 14.2 Å². The van der Waals surface area contributed by atoms with E-state index in [-0.39, 0.29) is 5.82 Å². The number of anilines is 1. The number of methoxy groups -OCH3 is 2. The number of rotatable bonds is 5. The fourth-order valence-corrected chi connectivity index (χ4v) is 1.86. The molecule has 2 rings (SSSR count). The lowest BCUT2D eigenvalue weighted by Gasteiger charge is -2.11. The van der Waals surface area contributed by atoms with Crippen LogP contribution >= 0.6 is 0 Å². The predicted octanol–water partition coefficient (Wildman–Crippen LogP) is 3.76. The van der Waals surface area contributed by atoms with Gasteiger partial charge in [0.15, 0.2) is 0 Å². The van der Waals surface area contributed by atoms with E-state index in [1.54, 1.807) is 39.3 Å². The summed E-state index contributed by atoms with van der Waals surface area (Å²) in [5.41, 5.74) is 2.40. The number of halogens is 1. The second-order valence-electron chi connectivity index (χ2n) is 4.54. The van der Waals surface area contributed by atoms with E-state index < -0.39 is 0 Å². The minimum Gasteiger partial charge on any atom is -0.497 e. The van der Waals surface area contributed by atoms with Gasteiger partial charge in [-0.1, -0.05) is 12.1 Å². The predicted molar refractivity (Wildman–Crippen MR) is 78.0 cm³/mol. The number of benzene rings is 2. The first-order valence-corrected chi connectivity index (χ1v) is 6.34. The van der Waals surface area contributed by atoms with Crippen LogP contribution in [0.2, 0.25) is 0 Å². The van der Waals surface area contributed by atoms with E-state index in [2.05, 4.69) is 5.32 Å². The third kappa shape index (κ3) is 3.41. The molecule has 2 aromatic carbocycles. The maximum absolute atomic E-state index is 13.5. The van der Waals surface area contributed by atoms with Gasteiger partial charge in [-0.05, 0) is 24.1 Å². The van der Waals surface area contributed by atoms with Gasteiger partial charge in [0.1, 0.15) is 17.3 Å². The van der Waals surface area contributed by atoms with Crippen LogP contribution in [0.1, 0.15) is 11.1 Å². The third-order valence-corrected chi connectivity index (χ3v) is 3.08. The summed E-state index contributed by atoms with van der Waals surface area (Å²) < 4.78 is 23.9. The van der Waals surface area contributed by atoms with Crippen molar-refractivity contribution in [3.63, 3.8) is 0 Å². The molecule has 0 aromatic heterocycles. The lowest BCUT2D eigenvalue weighted by atomic mass is 10.1. The van der Waals surface area contributed by atoms with Crippen LogP contribution in [0, 0.1) is 12.7 Å². The van der Waals surface area contributed by atoms with Crippen molar-refractivity contribution in [1.29, 1.82) is 0 Å². The van der Waals surface area contributed by atoms with Gasteiger partial charge in [-0.3, -0.25) is 0 Å². The summed E-state index contributed by atoms with van der Waals surface area (Å²) in [6, 6.07) is 10.8. The molecule has 106 valence electrons. The molecule has 0 unspecified atom stereocenters. The Labute approximate surface area is 118 Å². The van der Waals surface area contributed by atoms with Crippen molar-refractivity contribution in [2.75, 3.05) is 19.5 Å². The summed E-state index contributed by atoms with van der Waals surface area (Å²) in [6.07, 6.45) is 0. The molecule has 1 N–H and O–H groups in total. The van der Waals surface area contributed by atoms with Gasteiger partial charge in [-0.25, -0.2) is 4.39 Å². The van der Waals surface area contributed by atoms with Gasteiger partial charge >= 0.3 is 0 Å². The van der Waals surface area contributed by atoms with E-state index in [9.17, 15) is 4.39 Å². The fourth-order valence-electron chi connectivity index (χ4n) is 1.86. The highest BCUT2D eigenvalue weighted by molar-refractivity contribution is 5.54. The Morgan fingerprint density at radius 1 is 1.00 bits per heavy atom. The maximum Gasteiger partial charge on any atom is 0.126 e. The van der Waals surface area contributed by atoms with Crippen molar-refractivity contribution >= 4 is 5.69 Å². The summed E-state index contributed by atoms with van der Waals surface area (Å²) in [6.45, 7) is 2.28. The zero-order valence-corrected chi connectivity index (χ0v) is 11.9. The van der Waals surface area contributed by atoms with Gasteiger partial charge < -0.3 is 14.8 Å². The molecular weight excluding hydrogens is 257 g/mol. The Morgan fingerprint density at radius 3 is 2.20 bits per heavy atom. The van der Waals surface area contributed by atoms with Crippen molar-refractivity contribution in [3.05, 3.63) is 53.3 Å². The van der Waals surface area contributed by atoms with Crippen LogP contribution in [-0.2, 0) is 6.54 Å². The van der Waals surface area contributed by atoms with Crippen LogP contribution in [0.4, 0.5) is 10.1 Å². The molecular formula is C16H18FNO2. The smallest absolute Gasteiger partial charge is 0.126 e. The number of nitrogens with one attached hydrogen (secondary N) is 1. The molecule has 0 spiro atoms. The summed E-state index contributed by atoms with van der Waals surface area (Å²) in [5, 5.41) is 3.23. The van der Waals surface area contributed by atoms with Crippen LogP contribution in [0.15, 0.2) is 36.4 Å². The van der Waals surface area contributed by atoms with Crippen molar-refractivity contribution in [3.8, 4) is 11.5 Å². The highest BCUT2D eigenvalue weighted by Gasteiger charge is 2.03. The molecule has 0 amide bonds. The molecule has 0 saturated carbocycles. The molecule has 0 aliphatic heterocycles. The molecule has 0 saturated heterocycles. The topological polar surface area (TPSA) is 30.5 Å². The SMILES string of the molecule is COc1cc(NCc2ccc(C)c(F)c2)cc(OC)c1. The van der Waals surface area contributed by atoms with Gasteiger partial charge in [0.2, 0.25) is 0 Å². The van der Waals surface area contributed by atoms with E-state index in [0.29, 0.717) is 23.6 Å². The highest BCUT2D eigenvalue weighted by Crippen LogP contribution is 2.26. The third-order valence-electron chi connectivity index (χ3n) is 3.08. The van der Waals surface area contributed by atoms with Gasteiger partial charge in [0.25, 0.3) is 0 Å². The standard InChI is InChI=1S/C16H18FNO2/c1-11-4-5-12(6-16(11)17)10-18-13-7-14(19-2)9-15(8-13)20-3/h4-9,18H,10H2,1-3H3. The quantitative estimate of drug-likeness (QED) is 0.901. The Balaban J connectivity index is 2.11. The van der Waals surface area contributed by atoms with Crippen molar-refractivity contribution < 1.29 is 13.9 Å². The summed E-state index contributed by atoms with van der Waals surface area (Å²) in [5.74, 6) is 1.23. The highest BCUT2D eigenvalue weighted by atomic mass is 19.1. The van der Waals surface area contributed by atoms with Gasteiger partial charge in [-0.15, -0.1) is 0 Å². The molecule has 0 atom stereocenters. The molecule has 0 fully saturated rings. The fraction of sp³-hybridized carbons (Fsp3) is 0.250. The van der Waals surface area contributed by atoms with Crippen LogP contribution in [0.5, 0.6) is 11.5 Å². The van der Waals surface area contributed by atoms with E-state index >= 15 is 0 Å². The lowest BCUT2D eigenvalue weighted by molar-refractivity contribution is 0.394. The van der Waals surface area contributed by atoms with E-state index in [0.717, 1.165) is 11.3 Å². The van der Waals surface area contributed by atoms with Crippen LogP contribution in [0.3, 0.4) is 0 Å². The molecule has 2 aromatic rings. The Hall–Kier alpha value is -2.23. The van der Waals surface area contributed by atoms with E-state index in [1.807, 2.05) is 18.2 Å². The normalized spacial score (nSPS) is 10.2. The average molecular weight is 275 g/mol. The molecule has 0 aliphatic rings. The Kier molecular flexibility index (Phi) is 4.45. The molecule has 0 radical (unpaired) electrons. The van der Waals surface area contributed by atoms with Crippen LogP contribution in [0.25, 0.3) is 0 Å². The lowest BCUT2D eigenvalue weighted by Crippen LogP contribution is -2.01. The first kappa shape index (κ1) is 14.2. The summed E-state index contributed by atoms with van der Waals surface area (Å²) in [4.78, 5) is 0. The molecule has 0 aliphatic carbocycles. The van der Waals surface area contributed by atoms with E-state index in [1.165, 1.54) is 0 Å². The van der Waals surface area contributed by atoms with Crippen molar-refractivity contribution in [1.82, 2.24) is 0 Å². The van der Waals surface area contributed by atoms with Gasteiger partial charge in [0, 0.05) is 30.4 Å². The minimum absolute atomic E-state index is 0.187. The molecule has 0 bridgehead atoms. The van der Waals surface area contributed by atoms with Crippen LogP contribution < -0.4 is 14.8 Å². The summed E-state index contributed by atoms with van der Waals surface area (Å²) in [7, 11) is 3.21. The number of ether oxygens (including phenoxy) is 2. The van der Waals surface area contributed by atoms with Crippen molar-refractivity contribution in [2.45, 2.75) is 13.5 Å². The number of aryl methyl sites for hydroxylation is 1. The largest absolute Gasteiger partial charge is 0.497 e. The van der Waals surface area contributed by atoms with Gasteiger partial charge in [-0.2, -0.15) is 0 Å². The number of hydrogen-bond acceptors (Lipinski definition) is 3. The average Bonchev–Trinajstić information content (AvgIpc) is 2.48. The molecule has 20 heavy (non-hydrogen) atoms. The first-order valence-electron chi connectivity index (χ1n) is 6.34. The minimum atomic E-state index is -0.187. The second kappa shape index (κ2) is 6.28.